The van der Waals surface area contributed by atoms with Crippen LogP contribution in [0, 0.1) is 5.82 Å². The molecule has 0 bridgehead atoms. The predicted octanol–water partition coefficient (Wildman–Crippen LogP) is 2.83. The lowest BCUT2D eigenvalue weighted by Crippen LogP contribution is -2.24. The van der Waals surface area contributed by atoms with E-state index in [-0.39, 0.29) is 23.9 Å². The minimum atomic E-state index is -3.80. The summed E-state index contributed by atoms with van der Waals surface area (Å²) in [6.07, 6.45) is 3.55. The molecule has 11 nitrogen and oxygen atoms in total. The summed E-state index contributed by atoms with van der Waals surface area (Å²) in [6.45, 7) is 1.54. The van der Waals surface area contributed by atoms with Crippen molar-refractivity contribution in [1.29, 1.82) is 0 Å². The molecule has 37 heavy (non-hydrogen) atoms. The van der Waals surface area contributed by atoms with E-state index in [1.807, 2.05) is 0 Å². The molecule has 3 aromatic heterocycles. The fourth-order valence-electron chi connectivity index (χ4n) is 3.67. The van der Waals surface area contributed by atoms with Gasteiger partial charge in [-0.3, -0.25) is 9.55 Å². The van der Waals surface area contributed by atoms with Crippen LogP contribution in [0.2, 0.25) is 0 Å². The van der Waals surface area contributed by atoms with Crippen LogP contribution < -0.4 is 14.2 Å². The van der Waals surface area contributed by atoms with Gasteiger partial charge in [-0.05, 0) is 25.1 Å². The van der Waals surface area contributed by atoms with Crippen LogP contribution >= 0.6 is 0 Å². The van der Waals surface area contributed by atoms with Crippen molar-refractivity contribution >= 4 is 9.84 Å². The quantitative estimate of drug-likeness (QED) is 0.303. The first-order valence-corrected chi connectivity index (χ1v) is 12.8. The molecule has 13 heteroatoms. The number of hydrogen-bond donors (Lipinski definition) is 0. The Balaban J connectivity index is 1.82. The molecule has 0 fully saturated rings. The maximum atomic E-state index is 13.4. The van der Waals surface area contributed by atoms with Gasteiger partial charge >= 0.3 is 0 Å². The van der Waals surface area contributed by atoms with Gasteiger partial charge in [-0.2, -0.15) is 0 Å². The highest BCUT2D eigenvalue weighted by atomic mass is 32.2. The fourth-order valence-corrected chi connectivity index (χ4v) is 4.91. The van der Waals surface area contributed by atoms with Crippen LogP contribution in [-0.4, -0.2) is 64.7 Å². The third kappa shape index (κ3) is 5.50. The lowest BCUT2D eigenvalue weighted by Gasteiger charge is -2.18. The van der Waals surface area contributed by atoms with E-state index in [9.17, 15) is 12.8 Å². The summed E-state index contributed by atoms with van der Waals surface area (Å²) in [5, 5.41) is 7.61. The lowest BCUT2D eigenvalue weighted by atomic mass is 10.2. The summed E-state index contributed by atoms with van der Waals surface area (Å²) >= 11 is 0. The monoisotopic (exact) mass is 528 g/mol. The number of para-hydroxylation sites is 1. The first-order chi connectivity index (χ1) is 17.8. The SMILES string of the molecule is COc1ccnc(-c2nnc(CS(=O)(=O)[C@@H](C)Cc3ncc(F)cn3)n2-c2c(OC)cccc2OC)c1. The topological polar surface area (TPSA) is 131 Å². The summed E-state index contributed by atoms with van der Waals surface area (Å²) in [4.78, 5) is 12.1. The number of methoxy groups -OCH3 is 3. The standard InChI is InChI=1S/C24H25FN6O5S/c1-15(10-21-27-12-16(25)13-28-21)37(32,33)14-22-29-30-24(18-11-17(34-2)8-9-26-18)31(22)23-19(35-3)6-5-7-20(23)36-4/h5-9,11-13,15H,10,14H2,1-4H3/t15-/m0/s1. The maximum absolute atomic E-state index is 13.4. The number of halogens is 1. The largest absolute Gasteiger partial charge is 0.497 e. The molecule has 3 heterocycles. The average Bonchev–Trinajstić information content (AvgIpc) is 3.31. The molecule has 1 atom stereocenters. The molecule has 0 aliphatic rings. The Morgan fingerprint density at radius 1 is 0.973 bits per heavy atom. The van der Waals surface area contributed by atoms with Crippen LogP contribution in [0.25, 0.3) is 17.2 Å². The molecule has 194 valence electrons. The Morgan fingerprint density at radius 3 is 2.27 bits per heavy atom. The van der Waals surface area contributed by atoms with Gasteiger partial charge < -0.3 is 14.2 Å². The molecular weight excluding hydrogens is 503 g/mol. The van der Waals surface area contributed by atoms with Crippen LogP contribution in [-0.2, 0) is 22.0 Å². The van der Waals surface area contributed by atoms with Crippen LogP contribution in [0.1, 0.15) is 18.6 Å². The van der Waals surface area contributed by atoms with Crippen molar-refractivity contribution in [2.45, 2.75) is 24.3 Å². The van der Waals surface area contributed by atoms with Crippen molar-refractivity contribution < 1.29 is 27.0 Å². The van der Waals surface area contributed by atoms with E-state index in [2.05, 4.69) is 25.1 Å². The zero-order chi connectivity index (χ0) is 26.6. The molecule has 0 spiro atoms. The van der Waals surface area contributed by atoms with Gasteiger partial charge in [-0.25, -0.2) is 22.8 Å². The average molecular weight is 529 g/mol. The lowest BCUT2D eigenvalue weighted by molar-refractivity contribution is 0.390. The highest BCUT2D eigenvalue weighted by Crippen LogP contribution is 2.36. The van der Waals surface area contributed by atoms with E-state index in [1.165, 1.54) is 28.3 Å². The van der Waals surface area contributed by atoms with Gasteiger partial charge in [-0.15, -0.1) is 10.2 Å². The van der Waals surface area contributed by atoms with Gasteiger partial charge in [0.2, 0.25) is 0 Å². The van der Waals surface area contributed by atoms with E-state index >= 15 is 0 Å². The molecule has 0 aliphatic carbocycles. The molecule has 0 radical (unpaired) electrons. The van der Waals surface area contributed by atoms with Gasteiger partial charge in [0, 0.05) is 18.7 Å². The first kappa shape index (κ1) is 25.9. The molecule has 0 unspecified atom stereocenters. The second-order valence-corrected chi connectivity index (χ2v) is 10.4. The van der Waals surface area contributed by atoms with Gasteiger partial charge in [0.1, 0.15) is 40.2 Å². The molecular formula is C24H25FN6O5S. The van der Waals surface area contributed by atoms with E-state index in [0.29, 0.717) is 28.6 Å². The number of nitrogens with zero attached hydrogens (tertiary/aromatic N) is 6. The van der Waals surface area contributed by atoms with Crippen molar-refractivity contribution in [3.05, 3.63) is 66.4 Å². The molecule has 1 aromatic carbocycles. The number of ether oxygens (including phenoxy) is 3. The highest BCUT2D eigenvalue weighted by molar-refractivity contribution is 7.91. The molecule has 4 aromatic rings. The number of rotatable bonds is 10. The zero-order valence-corrected chi connectivity index (χ0v) is 21.4. The van der Waals surface area contributed by atoms with Crippen LogP contribution in [0.5, 0.6) is 17.2 Å². The molecule has 0 saturated heterocycles. The van der Waals surface area contributed by atoms with Crippen molar-refractivity contribution in [3.63, 3.8) is 0 Å². The van der Waals surface area contributed by atoms with E-state index in [1.54, 1.807) is 41.1 Å². The van der Waals surface area contributed by atoms with Gasteiger partial charge in [0.05, 0.1) is 39.0 Å². The molecule has 0 saturated carbocycles. The Morgan fingerprint density at radius 2 is 1.65 bits per heavy atom. The fraction of sp³-hybridized carbons (Fsp3) is 0.292. The predicted molar refractivity (Wildman–Crippen MR) is 132 cm³/mol. The maximum Gasteiger partial charge on any atom is 0.187 e. The number of pyridine rings is 1. The summed E-state index contributed by atoms with van der Waals surface area (Å²) in [5.41, 5.74) is 0.813. The Hall–Kier alpha value is -4.13. The second kappa shape index (κ2) is 10.9. The Bertz CT molecular complexity index is 1470. The van der Waals surface area contributed by atoms with E-state index in [4.69, 9.17) is 14.2 Å². The third-order valence-corrected chi connectivity index (χ3v) is 7.69. The minimum absolute atomic E-state index is 0.000966. The number of hydrogen-bond acceptors (Lipinski definition) is 10. The van der Waals surface area contributed by atoms with Crippen molar-refractivity contribution in [2.24, 2.45) is 0 Å². The molecule has 0 aliphatic heterocycles. The Kier molecular flexibility index (Phi) is 7.62. The Labute approximate surface area is 213 Å². The van der Waals surface area contributed by atoms with Crippen LogP contribution in [0.3, 0.4) is 0 Å². The second-order valence-electron chi connectivity index (χ2n) is 8.01. The number of aromatic nitrogens is 6. The molecule has 0 amide bonds. The number of sulfone groups is 1. The molecule has 4 rings (SSSR count). The number of benzene rings is 1. The van der Waals surface area contributed by atoms with Gasteiger partial charge in [0.15, 0.2) is 27.3 Å². The summed E-state index contributed by atoms with van der Waals surface area (Å²) in [6, 6.07) is 8.52. The van der Waals surface area contributed by atoms with Crippen LogP contribution in [0.15, 0.2) is 48.9 Å². The zero-order valence-electron chi connectivity index (χ0n) is 20.6. The highest BCUT2D eigenvalue weighted by Gasteiger charge is 2.29. The first-order valence-electron chi connectivity index (χ1n) is 11.1. The summed E-state index contributed by atoms with van der Waals surface area (Å²) < 4.78 is 58.0. The van der Waals surface area contributed by atoms with Gasteiger partial charge in [-0.1, -0.05) is 6.07 Å². The smallest absolute Gasteiger partial charge is 0.187 e. The third-order valence-electron chi connectivity index (χ3n) is 5.64. The van der Waals surface area contributed by atoms with Crippen molar-refractivity contribution in [2.75, 3.05) is 21.3 Å². The van der Waals surface area contributed by atoms with E-state index in [0.717, 1.165) is 12.4 Å². The molecule has 0 N–H and O–H groups in total. The van der Waals surface area contributed by atoms with E-state index < -0.39 is 26.7 Å². The normalized spacial score (nSPS) is 12.2. The van der Waals surface area contributed by atoms with Crippen molar-refractivity contribution in [3.8, 4) is 34.5 Å². The minimum Gasteiger partial charge on any atom is -0.497 e. The summed E-state index contributed by atoms with van der Waals surface area (Å²) in [7, 11) is 0.715. The van der Waals surface area contributed by atoms with Crippen molar-refractivity contribution in [1.82, 2.24) is 29.7 Å². The summed E-state index contributed by atoms with van der Waals surface area (Å²) in [5.74, 6) is 0.894. The van der Waals surface area contributed by atoms with Crippen LogP contribution in [0.4, 0.5) is 4.39 Å². The van der Waals surface area contributed by atoms with Gasteiger partial charge in [0.25, 0.3) is 0 Å².